The van der Waals surface area contributed by atoms with E-state index in [0.717, 1.165) is 0 Å². The van der Waals surface area contributed by atoms with Crippen LogP contribution in [0.5, 0.6) is 0 Å². The van der Waals surface area contributed by atoms with Gasteiger partial charge in [-0.2, -0.15) is 0 Å². The van der Waals surface area contributed by atoms with Crippen molar-refractivity contribution < 1.29 is 19.1 Å². The van der Waals surface area contributed by atoms with Gasteiger partial charge in [-0.3, -0.25) is 9.59 Å². The monoisotopic (exact) mass is 182 g/mol. The van der Waals surface area contributed by atoms with Crippen LogP contribution in [0.3, 0.4) is 0 Å². The highest BCUT2D eigenvalue weighted by Crippen LogP contribution is 2.25. The second-order valence-electron chi connectivity index (χ2n) is 2.97. The van der Waals surface area contributed by atoms with Crippen LogP contribution in [0.1, 0.15) is 13.8 Å². The van der Waals surface area contributed by atoms with Gasteiger partial charge in [-0.05, 0) is 0 Å². The third-order valence-electron chi connectivity index (χ3n) is 1.36. The first-order valence-corrected chi connectivity index (χ1v) is 3.78. The molecule has 0 aromatic rings. The molecular weight excluding hydrogens is 172 g/mol. The largest absolute Gasteiger partial charge is 0.453 e. The Morgan fingerprint density at radius 2 is 2.00 bits per heavy atom. The first-order valence-electron chi connectivity index (χ1n) is 3.78. The molecule has 70 valence electrons. The van der Waals surface area contributed by atoms with Crippen LogP contribution in [0, 0.1) is 0 Å². The van der Waals surface area contributed by atoms with Gasteiger partial charge in [0.05, 0.1) is 0 Å². The lowest BCUT2D eigenvalue weighted by Gasteiger charge is -2.31. The van der Waals surface area contributed by atoms with Crippen molar-refractivity contribution >= 4 is 12.6 Å². The fourth-order valence-electron chi connectivity index (χ4n) is 0.995. The van der Waals surface area contributed by atoms with Crippen LogP contribution < -0.4 is 0 Å². The third-order valence-corrected chi connectivity index (χ3v) is 1.36. The Morgan fingerprint density at radius 1 is 1.31 bits per heavy atom. The Kier molecular flexibility index (Phi) is 2.51. The van der Waals surface area contributed by atoms with E-state index in [1.807, 2.05) is 0 Å². The molecule has 0 radical (unpaired) electrons. The number of allylic oxidation sites excluding steroid dienone is 3. The Bertz CT molecular complexity index is 286. The van der Waals surface area contributed by atoms with Gasteiger partial charge in [0.1, 0.15) is 12.0 Å². The second-order valence-corrected chi connectivity index (χ2v) is 2.97. The van der Waals surface area contributed by atoms with Crippen molar-refractivity contribution in [3.05, 3.63) is 23.7 Å². The minimum atomic E-state index is -0.903. The molecule has 0 unspecified atom stereocenters. The first-order chi connectivity index (χ1) is 6.07. The highest BCUT2D eigenvalue weighted by Gasteiger charge is 2.27. The molecule has 0 bridgehead atoms. The molecule has 1 aliphatic heterocycles. The SMILES string of the molecule is CC1(C)OC(C=O)=C/C(=C\C=O)O1. The van der Waals surface area contributed by atoms with Crippen molar-refractivity contribution in [2.24, 2.45) is 0 Å². The van der Waals surface area contributed by atoms with E-state index in [2.05, 4.69) is 0 Å². The molecule has 0 saturated heterocycles. The Hall–Kier alpha value is -1.58. The van der Waals surface area contributed by atoms with Gasteiger partial charge < -0.3 is 9.47 Å². The van der Waals surface area contributed by atoms with Gasteiger partial charge in [0.2, 0.25) is 5.79 Å². The number of rotatable bonds is 2. The minimum absolute atomic E-state index is 0.157. The lowest BCUT2D eigenvalue weighted by molar-refractivity contribution is -0.174. The molecule has 0 spiro atoms. The second kappa shape index (κ2) is 3.43. The third kappa shape index (κ3) is 2.43. The molecule has 1 aliphatic rings. The standard InChI is InChI=1S/C9H10O4/c1-9(2)12-7(3-4-10)5-8(6-11)13-9/h3-6H,1-2H3/b7-3+. The molecule has 1 rings (SSSR count). The predicted molar refractivity (Wildman–Crippen MR) is 44.5 cm³/mol. The molecule has 0 fully saturated rings. The Labute approximate surface area is 75.8 Å². The normalized spacial score (nSPS) is 22.6. The van der Waals surface area contributed by atoms with Crippen LogP contribution in [0.2, 0.25) is 0 Å². The van der Waals surface area contributed by atoms with Gasteiger partial charge >= 0.3 is 0 Å². The molecule has 0 aromatic heterocycles. The maximum absolute atomic E-state index is 10.4. The van der Waals surface area contributed by atoms with E-state index in [-0.39, 0.29) is 5.76 Å². The van der Waals surface area contributed by atoms with E-state index in [9.17, 15) is 9.59 Å². The quantitative estimate of drug-likeness (QED) is 0.471. The number of carbonyl (C=O) groups excluding carboxylic acids is 2. The van der Waals surface area contributed by atoms with Crippen molar-refractivity contribution in [2.75, 3.05) is 0 Å². The van der Waals surface area contributed by atoms with Crippen LogP contribution in [-0.2, 0) is 19.1 Å². The van der Waals surface area contributed by atoms with E-state index in [4.69, 9.17) is 9.47 Å². The van der Waals surface area contributed by atoms with Gasteiger partial charge in [0, 0.05) is 26.0 Å². The molecule has 0 atom stereocenters. The van der Waals surface area contributed by atoms with Gasteiger partial charge in [-0.15, -0.1) is 0 Å². The number of aldehydes is 2. The summed E-state index contributed by atoms with van der Waals surface area (Å²) in [6.07, 6.45) is 3.76. The molecule has 0 amide bonds. The van der Waals surface area contributed by atoms with E-state index in [1.165, 1.54) is 12.2 Å². The zero-order valence-corrected chi connectivity index (χ0v) is 7.44. The van der Waals surface area contributed by atoms with Crippen LogP contribution >= 0.6 is 0 Å². The molecule has 4 heteroatoms. The topological polar surface area (TPSA) is 52.6 Å². The highest BCUT2D eigenvalue weighted by atomic mass is 16.7. The number of hydrogen-bond donors (Lipinski definition) is 0. The molecule has 13 heavy (non-hydrogen) atoms. The molecule has 0 aromatic carbocycles. The van der Waals surface area contributed by atoms with Crippen molar-refractivity contribution in [1.82, 2.24) is 0 Å². The average molecular weight is 182 g/mol. The number of ether oxygens (including phenoxy) is 2. The van der Waals surface area contributed by atoms with Crippen LogP contribution in [-0.4, -0.2) is 18.4 Å². The number of carbonyl (C=O) groups is 2. The molecular formula is C9H10O4. The van der Waals surface area contributed by atoms with Gasteiger partial charge in [0.15, 0.2) is 12.0 Å². The summed E-state index contributed by atoms with van der Waals surface area (Å²) in [6, 6.07) is 0. The maximum Gasteiger partial charge on any atom is 0.245 e. The van der Waals surface area contributed by atoms with Crippen molar-refractivity contribution in [1.29, 1.82) is 0 Å². The summed E-state index contributed by atoms with van der Waals surface area (Å²) < 4.78 is 10.3. The van der Waals surface area contributed by atoms with E-state index in [0.29, 0.717) is 18.3 Å². The number of hydrogen-bond acceptors (Lipinski definition) is 4. The summed E-state index contributed by atoms with van der Waals surface area (Å²) in [6.45, 7) is 3.31. The Morgan fingerprint density at radius 3 is 2.54 bits per heavy atom. The van der Waals surface area contributed by atoms with Gasteiger partial charge in [0.25, 0.3) is 0 Å². The summed E-state index contributed by atoms with van der Waals surface area (Å²) in [5.41, 5.74) is 0. The van der Waals surface area contributed by atoms with Crippen LogP contribution in [0.15, 0.2) is 23.7 Å². The summed E-state index contributed by atoms with van der Waals surface area (Å²) >= 11 is 0. The zero-order valence-electron chi connectivity index (χ0n) is 7.44. The first kappa shape index (κ1) is 9.51. The van der Waals surface area contributed by atoms with Gasteiger partial charge in [-0.1, -0.05) is 0 Å². The van der Waals surface area contributed by atoms with E-state index >= 15 is 0 Å². The molecule has 0 saturated carbocycles. The van der Waals surface area contributed by atoms with Crippen LogP contribution in [0.25, 0.3) is 0 Å². The lowest BCUT2D eigenvalue weighted by Crippen LogP contribution is -2.31. The van der Waals surface area contributed by atoms with E-state index in [1.54, 1.807) is 13.8 Å². The fourth-order valence-corrected chi connectivity index (χ4v) is 0.995. The van der Waals surface area contributed by atoms with Crippen molar-refractivity contribution in [2.45, 2.75) is 19.6 Å². The molecule has 1 heterocycles. The molecule has 0 aliphatic carbocycles. The smallest absolute Gasteiger partial charge is 0.245 e. The zero-order chi connectivity index (χ0) is 9.90. The molecule has 0 N–H and O–H groups in total. The summed E-state index contributed by atoms with van der Waals surface area (Å²) in [7, 11) is 0. The van der Waals surface area contributed by atoms with Gasteiger partial charge in [-0.25, -0.2) is 0 Å². The summed E-state index contributed by atoms with van der Waals surface area (Å²) in [4.78, 5) is 20.6. The minimum Gasteiger partial charge on any atom is -0.453 e. The fraction of sp³-hybridized carbons (Fsp3) is 0.333. The molecule has 4 nitrogen and oxygen atoms in total. The Balaban J connectivity index is 2.96. The maximum atomic E-state index is 10.4. The summed E-state index contributed by atoms with van der Waals surface area (Å²) in [5, 5.41) is 0. The lowest BCUT2D eigenvalue weighted by atomic mass is 10.3. The summed E-state index contributed by atoms with van der Waals surface area (Å²) in [5.74, 6) is -0.419. The van der Waals surface area contributed by atoms with Crippen LogP contribution in [0.4, 0.5) is 0 Å². The van der Waals surface area contributed by atoms with Crippen molar-refractivity contribution in [3.63, 3.8) is 0 Å². The highest BCUT2D eigenvalue weighted by molar-refractivity contribution is 5.73. The van der Waals surface area contributed by atoms with Crippen molar-refractivity contribution in [3.8, 4) is 0 Å². The predicted octanol–water partition coefficient (Wildman–Crippen LogP) is 0.935. The van der Waals surface area contributed by atoms with E-state index < -0.39 is 5.79 Å². The average Bonchev–Trinajstić information content (AvgIpc) is 2.02.